The first-order valence-corrected chi connectivity index (χ1v) is 8.01. The highest BCUT2D eigenvalue weighted by molar-refractivity contribution is 5.74. The second-order valence-electron chi connectivity index (χ2n) is 5.91. The fourth-order valence-corrected chi connectivity index (χ4v) is 2.75. The molecule has 0 aliphatic carbocycles. The van der Waals surface area contributed by atoms with Gasteiger partial charge in [-0.3, -0.25) is 4.68 Å². The molecule has 1 N–H and O–H groups in total. The van der Waals surface area contributed by atoms with Crippen LogP contribution in [0, 0.1) is 0 Å². The molecule has 9 heteroatoms. The first kappa shape index (κ1) is 18.6. The number of hydrogen-bond acceptors (Lipinski definition) is 3. The number of likely N-dealkylation sites (tertiary alicyclic amines) is 1. The van der Waals surface area contributed by atoms with Crippen LogP contribution in [0.4, 0.5) is 18.0 Å². The van der Waals surface area contributed by atoms with Gasteiger partial charge >= 0.3 is 12.2 Å². The molecule has 1 aliphatic rings. The van der Waals surface area contributed by atoms with Gasteiger partial charge in [0.1, 0.15) is 0 Å². The summed E-state index contributed by atoms with van der Waals surface area (Å²) in [5.41, 5.74) is -0.881. The van der Waals surface area contributed by atoms with Gasteiger partial charge in [0.25, 0.3) is 0 Å². The number of urea groups is 1. The Hall–Kier alpha value is -1.77. The molecule has 0 spiro atoms. The van der Waals surface area contributed by atoms with Crippen LogP contribution in [0.1, 0.15) is 37.9 Å². The average molecular weight is 348 g/mol. The summed E-state index contributed by atoms with van der Waals surface area (Å²) in [5.74, 6) is 0. The minimum atomic E-state index is -4.43. The van der Waals surface area contributed by atoms with Crippen LogP contribution in [0.15, 0.2) is 12.3 Å². The van der Waals surface area contributed by atoms with Crippen molar-refractivity contribution >= 4 is 6.03 Å². The molecule has 1 aromatic heterocycles. The quantitative estimate of drug-likeness (QED) is 0.890. The van der Waals surface area contributed by atoms with Gasteiger partial charge in [-0.25, -0.2) is 4.79 Å². The van der Waals surface area contributed by atoms with Crippen molar-refractivity contribution in [3.63, 3.8) is 0 Å². The van der Waals surface area contributed by atoms with E-state index in [-0.39, 0.29) is 18.1 Å². The first-order chi connectivity index (χ1) is 11.3. The minimum Gasteiger partial charge on any atom is -0.383 e. The van der Waals surface area contributed by atoms with E-state index < -0.39 is 11.9 Å². The molecule has 1 unspecified atom stereocenters. The average Bonchev–Trinajstić information content (AvgIpc) is 3.04. The summed E-state index contributed by atoms with van der Waals surface area (Å²) in [6.07, 6.45) is -1.15. The number of nitrogens with zero attached hydrogens (tertiary/aromatic N) is 3. The molecule has 136 valence electrons. The standard InChI is InChI=1S/C15H23F3N4O2/c1-3-11(10-24-2)19-14(23)21-7-4-12(5-8-21)22-9-6-13(20-22)15(16,17)18/h6,9,11-12H,3-5,7-8,10H2,1-2H3,(H,19,23). The van der Waals surface area contributed by atoms with Crippen LogP contribution in [0.5, 0.6) is 0 Å². The number of piperidine rings is 1. The zero-order chi connectivity index (χ0) is 17.7. The predicted octanol–water partition coefficient (Wildman–Crippen LogP) is 2.67. The minimum absolute atomic E-state index is 0.0410. The van der Waals surface area contributed by atoms with Gasteiger partial charge in [-0.2, -0.15) is 18.3 Å². The van der Waals surface area contributed by atoms with Gasteiger partial charge in [-0.1, -0.05) is 6.92 Å². The fraction of sp³-hybridized carbons (Fsp3) is 0.733. The van der Waals surface area contributed by atoms with Gasteiger partial charge in [-0.05, 0) is 25.3 Å². The molecule has 2 rings (SSSR count). The van der Waals surface area contributed by atoms with Crippen molar-refractivity contribution in [3.05, 3.63) is 18.0 Å². The Balaban J connectivity index is 1.87. The Labute approximate surface area is 138 Å². The molecule has 2 heterocycles. The lowest BCUT2D eigenvalue weighted by molar-refractivity contribution is -0.141. The number of alkyl halides is 3. The normalized spacial score (nSPS) is 17.8. The molecular formula is C15H23F3N4O2. The fourth-order valence-electron chi connectivity index (χ4n) is 2.75. The molecule has 0 radical (unpaired) electrons. The van der Waals surface area contributed by atoms with Crippen LogP contribution < -0.4 is 5.32 Å². The van der Waals surface area contributed by atoms with Crippen LogP contribution in [0.25, 0.3) is 0 Å². The Morgan fingerprint density at radius 3 is 2.62 bits per heavy atom. The van der Waals surface area contributed by atoms with E-state index in [0.29, 0.717) is 32.5 Å². The van der Waals surface area contributed by atoms with Crippen LogP contribution in [-0.2, 0) is 10.9 Å². The summed E-state index contributed by atoms with van der Waals surface area (Å²) in [6, 6.07) is 0.663. The molecular weight excluding hydrogens is 325 g/mol. The third-order valence-electron chi connectivity index (χ3n) is 4.21. The van der Waals surface area contributed by atoms with Crippen molar-refractivity contribution < 1.29 is 22.7 Å². The molecule has 0 bridgehead atoms. The van der Waals surface area contributed by atoms with E-state index in [0.717, 1.165) is 12.5 Å². The third kappa shape index (κ3) is 4.62. The summed E-state index contributed by atoms with van der Waals surface area (Å²) in [7, 11) is 1.58. The number of halogens is 3. The molecule has 1 aromatic rings. The van der Waals surface area contributed by atoms with E-state index in [1.807, 2.05) is 6.92 Å². The lowest BCUT2D eigenvalue weighted by Crippen LogP contribution is -2.49. The number of aromatic nitrogens is 2. The molecule has 24 heavy (non-hydrogen) atoms. The predicted molar refractivity (Wildman–Crippen MR) is 81.6 cm³/mol. The van der Waals surface area contributed by atoms with Gasteiger partial charge in [0, 0.05) is 26.4 Å². The SMILES string of the molecule is CCC(COC)NC(=O)N1CCC(n2ccc(C(F)(F)F)n2)CC1. The maximum Gasteiger partial charge on any atom is 0.435 e. The van der Waals surface area contributed by atoms with Gasteiger partial charge in [-0.15, -0.1) is 0 Å². The van der Waals surface area contributed by atoms with Crippen molar-refractivity contribution in [3.8, 4) is 0 Å². The summed E-state index contributed by atoms with van der Waals surface area (Å²) in [4.78, 5) is 13.9. The molecule has 0 saturated carbocycles. The second kappa shape index (κ2) is 7.87. The number of carbonyl (C=O) groups is 1. The monoisotopic (exact) mass is 348 g/mol. The number of carbonyl (C=O) groups excluding carboxylic acids is 1. The smallest absolute Gasteiger partial charge is 0.383 e. The van der Waals surface area contributed by atoms with Crippen molar-refractivity contribution in [2.24, 2.45) is 0 Å². The summed E-state index contributed by atoms with van der Waals surface area (Å²) >= 11 is 0. The van der Waals surface area contributed by atoms with E-state index in [1.165, 1.54) is 10.9 Å². The number of amides is 2. The maximum atomic E-state index is 12.6. The Bertz CT molecular complexity index is 539. The zero-order valence-electron chi connectivity index (χ0n) is 13.8. The van der Waals surface area contributed by atoms with E-state index >= 15 is 0 Å². The van der Waals surface area contributed by atoms with E-state index in [2.05, 4.69) is 10.4 Å². The summed E-state index contributed by atoms with van der Waals surface area (Å²) in [5, 5.41) is 6.52. The number of rotatable bonds is 5. The van der Waals surface area contributed by atoms with E-state index in [1.54, 1.807) is 12.0 Å². The van der Waals surface area contributed by atoms with Crippen LogP contribution in [0.3, 0.4) is 0 Å². The molecule has 1 saturated heterocycles. The van der Waals surface area contributed by atoms with Crippen molar-refractivity contribution in [2.75, 3.05) is 26.8 Å². The molecule has 6 nitrogen and oxygen atoms in total. The lowest BCUT2D eigenvalue weighted by Gasteiger charge is -2.33. The molecule has 1 atom stereocenters. The number of methoxy groups -OCH3 is 1. The highest BCUT2D eigenvalue weighted by atomic mass is 19.4. The first-order valence-electron chi connectivity index (χ1n) is 8.01. The van der Waals surface area contributed by atoms with Crippen molar-refractivity contribution in [1.82, 2.24) is 20.0 Å². The van der Waals surface area contributed by atoms with Crippen LogP contribution in [-0.4, -0.2) is 53.6 Å². The van der Waals surface area contributed by atoms with Gasteiger partial charge < -0.3 is 15.0 Å². The van der Waals surface area contributed by atoms with Gasteiger partial charge in [0.2, 0.25) is 0 Å². The Kier molecular flexibility index (Phi) is 6.09. The second-order valence-corrected chi connectivity index (χ2v) is 5.91. The highest BCUT2D eigenvalue weighted by Gasteiger charge is 2.34. The largest absolute Gasteiger partial charge is 0.435 e. The van der Waals surface area contributed by atoms with Gasteiger partial charge in [0.05, 0.1) is 18.7 Å². The highest BCUT2D eigenvalue weighted by Crippen LogP contribution is 2.29. The Morgan fingerprint density at radius 1 is 1.46 bits per heavy atom. The summed E-state index contributed by atoms with van der Waals surface area (Å²) in [6.45, 7) is 3.39. The van der Waals surface area contributed by atoms with Crippen LogP contribution >= 0.6 is 0 Å². The molecule has 1 aliphatic heterocycles. The summed E-state index contributed by atoms with van der Waals surface area (Å²) < 4.78 is 44.2. The Morgan fingerprint density at radius 2 is 2.12 bits per heavy atom. The third-order valence-corrected chi connectivity index (χ3v) is 4.21. The zero-order valence-corrected chi connectivity index (χ0v) is 13.8. The van der Waals surface area contributed by atoms with Crippen molar-refractivity contribution in [2.45, 2.75) is 44.4 Å². The van der Waals surface area contributed by atoms with E-state index in [4.69, 9.17) is 4.74 Å². The number of nitrogens with one attached hydrogen (secondary N) is 1. The topological polar surface area (TPSA) is 59.4 Å². The molecule has 1 fully saturated rings. The molecule has 2 amide bonds. The molecule has 0 aromatic carbocycles. The van der Waals surface area contributed by atoms with Crippen LogP contribution in [0.2, 0.25) is 0 Å². The lowest BCUT2D eigenvalue weighted by atomic mass is 10.1. The number of ether oxygens (including phenoxy) is 1. The maximum absolute atomic E-state index is 12.6. The number of hydrogen-bond donors (Lipinski definition) is 1. The van der Waals surface area contributed by atoms with Crippen molar-refractivity contribution in [1.29, 1.82) is 0 Å². The van der Waals surface area contributed by atoms with E-state index in [9.17, 15) is 18.0 Å². The van der Waals surface area contributed by atoms with Gasteiger partial charge in [0.15, 0.2) is 5.69 Å².